The molecule has 0 saturated heterocycles. The molecular weight excluding hydrogens is 412 g/mol. The Kier molecular flexibility index (Phi) is 5.76. The van der Waals surface area contributed by atoms with E-state index in [1.165, 1.54) is 65.4 Å². The second-order valence-corrected chi connectivity index (χ2v) is 7.90. The normalized spacial score (nSPS) is 11.1. The summed E-state index contributed by atoms with van der Waals surface area (Å²) in [5.74, 6) is -0.522. The van der Waals surface area contributed by atoms with Gasteiger partial charge in [0.25, 0.3) is 17.2 Å². The highest BCUT2D eigenvalue weighted by molar-refractivity contribution is 7.89. The van der Waals surface area contributed by atoms with Crippen LogP contribution in [-0.4, -0.2) is 23.8 Å². The third kappa shape index (κ3) is 4.96. The fourth-order valence-corrected chi connectivity index (χ4v) is 3.20. The maximum absolute atomic E-state index is 12.5. The molecule has 0 aliphatic heterocycles. The molecule has 0 bridgehead atoms. The van der Waals surface area contributed by atoms with Crippen molar-refractivity contribution in [2.24, 2.45) is 5.14 Å². The van der Waals surface area contributed by atoms with Crippen LogP contribution in [0.25, 0.3) is 0 Å². The molecule has 2 aromatic carbocycles. The lowest BCUT2D eigenvalue weighted by Crippen LogP contribution is -2.22. The van der Waals surface area contributed by atoms with Gasteiger partial charge in [-0.3, -0.25) is 19.7 Å². The van der Waals surface area contributed by atoms with E-state index in [1.807, 2.05) is 0 Å². The smallest absolute Gasteiger partial charge is 0.269 e. The predicted molar refractivity (Wildman–Crippen MR) is 109 cm³/mol. The van der Waals surface area contributed by atoms with Crippen LogP contribution in [0, 0.1) is 10.1 Å². The van der Waals surface area contributed by atoms with Crippen molar-refractivity contribution in [2.75, 3.05) is 5.32 Å². The van der Waals surface area contributed by atoms with E-state index in [0.717, 1.165) is 0 Å². The van der Waals surface area contributed by atoms with E-state index in [0.29, 0.717) is 11.3 Å². The zero-order chi connectivity index (χ0) is 21.9. The van der Waals surface area contributed by atoms with Crippen molar-refractivity contribution in [1.29, 1.82) is 0 Å². The number of nitrogens with two attached hydrogens (primary N) is 1. The van der Waals surface area contributed by atoms with E-state index >= 15 is 0 Å². The van der Waals surface area contributed by atoms with Crippen LogP contribution in [-0.2, 0) is 16.6 Å². The number of hydrogen-bond donors (Lipinski definition) is 2. The Morgan fingerprint density at radius 2 is 1.80 bits per heavy atom. The summed E-state index contributed by atoms with van der Waals surface area (Å²) >= 11 is 0. The predicted octanol–water partition coefficient (Wildman–Crippen LogP) is 1.70. The molecule has 10 nitrogen and oxygen atoms in total. The molecule has 154 valence electrons. The number of hydrogen-bond acceptors (Lipinski definition) is 6. The molecular formula is C19H16N4O6S. The van der Waals surface area contributed by atoms with E-state index in [-0.39, 0.29) is 28.3 Å². The molecule has 11 heteroatoms. The molecule has 0 unspecified atom stereocenters. The molecule has 3 rings (SSSR count). The maximum atomic E-state index is 12.5. The first-order valence-electron chi connectivity index (χ1n) is 8.51. The first kappa shape index (κ1) is 20.9. The number of anilines is 1. The van der Waals surface area contributed by atoms with Gasteiger partial charge in [0.15, 0.2) is 0 Å². The lowest BCUT2D eigenvalue weighted by Gasteiger charge is -2.10. The summed E-state index contributed by atoms with van der Waals surface area (Å²) < 4.78 is 23.8. The minimum atomic E-state index is -3.84. The first-order valence-corrected chi connectivity index (χ1v) is 10.1. The summed E-state index contributed by atoms with van der Waals surface area (Å²) in [5, 5.41) is 18.5. The molecule has 1 heterocycles. The van der Waals surface area contributed by atoms with Crippen LogP contribution in [0.1, 0.15) is 15.9 Å². The average Bonchev–Trinajstić information content (AvgIpc) is 2.69. The van der Waals surface area contributed by atoms with Gasteiger partial charge in [-0.15, -0.1) is 0 Å². The van der Waals surface area contributed by atoms with E-state index in [9.17, 15) is 28.1 Å². The summed E-state index contributed by atoms with van der Waals surface area (Å²) in [4.78, 5) is 34.9. The van der Waals surface area contributed by atoms with Crippen LogP contribution < -0.4 is 16.0 Å². The fraction of sp³-hybridized carbons (Fsp3) is 0.0526. The molecule has 0 aliphatic rings. The van der Waals surface area contributed by atoms with Gasteiger partial charge in [0.05, 0.1) is 21.9 Å². The summed E-state index contributed by atoms with van der Waals surface area (Å²) in [7, 11) is -3.84. The van der Waals surface area contributed by atoms with Crippen molar-refractivity contribution >= 4 is 27.3 Å². The molecule has 3 N–H and O–H groups in total. The molecule has 1 amide bonds. The molecule has 0 spiro atoms. The highest BCUT2D eigenvalue weighted by atomic mass is 32.2. The van der Waals surface area contributed by atoms with E-state index in [2.05, 4.69) is 5.32 Å². The molecule has 0 radical (unpaired) electrons. The third-order valence-electron chi connectivity index (χ3n) is 4.16. The number of carbonyl (C=O) groups is 1. The number of nitro benzene ring substituents is 1. The number of non-ortho nitro benzene ring substituents is 1. The highest BCUT2D eigenvalue weighted by Crippen LogP contribution is 2.15. The second-order valence-electron chi connectivity index (χ2n) is 6.33. The minimum absolute atomic E-state index is 0.0463. The number of pyridine rings is 1. The third-order valence-corrected chi connectivity index (χ3v) is 5.09. The number of primary sulfonamides is 1. The second kappa shape index (κ2) is 8.27. The van der Waals surface area contributed by atoms with Crippen LogP contribution in [0.3, 0.4) is 0 Å². The van der Waals surface area contributed by atoms with Gasteiger partial charge in [0.2, 0.25) is 10.0 Å². The molecule has 0 atom stereocenters. The summed E-state index contributed by atoms with van der Waals surface area (Å²) in [6.45, 7) is 0.0463. The Balaban J connectivity index is 1.80. The van der Waals surface area contributed by atoms with Crippen molar-refractivity contribution in [3.05, 3.63) is 98.5 Å². The molecule has 3 aromatic rings. The molecule has 0 fully saturated rings. The van der Waals surface area contributed by atoms with Crippen LogP contribution >= 0.6 is 0 Å². The van der Waals surface area contributed by atoms with Gasteiger partial charge in [-0.25, -0.2) is 13.6 Å². The SMILES string of the molecule is NS(=O)(=O)c1ccc(NC(=O)c2ccc(=O)n(Cc3cccc([N+](=O)[O-])c3)c2)cc1. The Labute approximate surface area is 170 Å². The zero-order valence-electron chi connectivity index (χ0n) is 15.4. The minimum Gasteiger partial charge on any atom is -0.322 e. The summed E-state index contributed by atoms with van der Waals surface area (Å²) in [6.07, 6.45) is 1.34. The topological polar surface area (TPSA) is 154 Å². The molecule has 30 heavy (non-hydrogen) atoms. The highest BCUT2D eigenvalue weighted by Gasteiger charge is 2.12. The number of amides is 1. The lowest BCUT2D eigenvalue weighted by molar-refractivity contribution is -0.384. The number of aromatic nitrogens is 1. The number of nitro groups is 1. The van der Waals surface area contributed by atoms with Crippen molar-refractivity contribution in [2.45, 2.75) is 11.4 Å². The van der Waals surface area contributed by atoms with Crippen molar-refractivity contribution in [3.8, 4) is 0 Å². The molecule has 0 saturated carbocycles. The van der Waals surface area contributed by atoms with E-state index < -0.39 is 20.9 Å². The van der Waals surface area contributed by atoms with Gasteiger partial charge in [0, 0.05) is 30.1 Å². The molecule has 1 aromatic heterocycles. The number of nitrogens with zero attached hydrogens (tertiary/aromatic N) is 2. The Morgan fingerprint density at radius 1 is 1.10 bits per heavy atom. The standard InChI is InChI=1S/C19H16N4O6S/c20-30(28,29)17-7-5-15(6-8-17)21-19(25)14-4-9-18(24)22(12-14)11-13-2-1-3-16(10-13)23(26)27/h1-10,12H,11H2,(H,21,25)(H2,20,28,29). The van der Waals surface area contributed by atoms with E-state index in [4.69, 9.17) is 5.14 Å². The van der Waals surface area contributed by atoms with Crippen molar-refractivity contribution < 1.29 is 18.1 Å². The number of rotatable bonds is 6. The first-order chi connectivity index (χ1) is 14.1. The largest absolute Gasteiger partial charge is 0.322 e. The Morgan fingerprint density at radius 3 is 2.43 bits per heavy atom. The van der Waals surface area contributed by atoms with Crippen molar-refractivity contribution in [3.63, 3.8) is 0 Å². The van der Waals surface area contributed by atoms with Crippen LogP contribution in [0.5, 0.6) is 0 Å². The average molecular weight is 428 g/mol. The van der Waals surface area contributed by atoms with Crippen LogP contribution in [0.4, 0.5) is 11.4 Å². The monoisotopic (exact) mass is 428 g/mol. The maximum Gasteiger partial charge on any atom is 0.269 e. The van der Waals surface area contributed by atoms with Gasteiger partial charge in [-0.1, -0.05) is 12.1 Å². The van der Waals surface area contributed by atoms with Gasteiger partial charge in [-0.05, 0) is 35.9 Å². The number of nitrogens with one attached hydrogen (secondary N) is 1. The molecule has 0 aliphatic carbocycles. The number of carbonyl (C=O) groups excluding carboxylic acids is 1. The number of benzene rings is 2. The Bertz CT molecular complexity index is 1280. The van der Waals surface area contributed by atoms with E-state index in [1.54, 1.807) is 6.07 Å². The number of sulfonamides is 1. The van der Waals surface area contributed by atoms with Crippen molar-refractivity contribution in [1.82, 2.24) is 4.57 Å². The van der Waals surface area contributed by atoms with Crippen LogP contribution in [0.15, 0.2) is 76.6 Å². The van der Waals surface area contributed by atoms with Gasteiger partial charge < -0.3 is 9.88 Å². The summed E-state index contributed by atoms with van der Waals surface area (Å²) in [6, 6.07) is 13.7. The van der Waals surface area contributed by atoms with Gasteiger partial charge >= 0.3 is 0 Å². The van der Waals surface area contributed by atoms with Crippen LogP contribution in [0.2, 0.25) is 0 Å². The lowest BCUT2D eigenvalue weighted by atomic mass is 10.2. The Hall–Kier alpha value is -3.83. The quantitative estimate of drug-likeness (QED) is 0.450. The van der Waals surface area contributed by atoms with Gasteiger partial charge in [-0.2, -0.15) is 0 Å². The zero-order valence-corrected chi connectivity index (χ0v) is 16.2. The van der Waals surface area contributed by atoms with Gasteiger partial charge in [0.1, 0.15) is 0 Å². The fourth-order valence-electron chi connectivity index (χ4n) is 2.69. The summed E-state index contributed by atoms with van der Waals surface area (Å²) in [5.41, 5.74) is 0.565.